The van der Waals surface area contributed by atoms with E-state index in [9.17, 15) is 14.4 Å². The second kappa shape index (κ2) is 67.8. The Morgan fingerprint density at radius 2 is 0.481 bits per heavy atom. The summed E-state index contributed by atoms with van der Waals surface area (Å²) < 4.78 is 16.9. The van der Waals surface area contributed by atoms with Gasteiger partial charge in [0.2, 0.25) is 0 Å². The summed E-state index contributed by atoms with van der Waals surface area (Å²) in [5, 5.41) is 0. The molecule has 0 spiro atoms. The number of rotatable bonds is 59. The molecule has 0 fully saturated rings. The van der Waals surface area contributed by atoms with Gasteiger partial charge >= 0.3 is 17.9 Å². The quantitative estimate of drug-likeness (QED) is 0.0261. The van der Waals surface area contributed by atoms with Gasteiger partial charge in [-0.05, 0) is 141 Å². The van der Waals surface area contributed by atoms with Crippen LogP contribution in [0.1, 0.15) is 290 Å². The molecule has 6 nitrogen and oxygen atoms in total. The molecule has 0 saturated heterocycles. The fourth-order valence-electron chi connectivity index (χ4n) is 8.88. The summed E-state index contributed by atoms with van der Waals surface area (Å²) in [6.45, 7) is 6.37. The molecule has 0 aromatic carbocycles. The number of hydrogen-bond acceptors (Lipinski definition) is 6. The fraction of sp³-hybridized carbons (Fsp3) is 0.640. The van der Waals surface area contributed by atoms with Crippen molar-refractivity contribution in [2.24, 2.45) is 0 Å². The maximum atomic E-state index is 12.9. The van der Waals surface area contributed by atoms with E-state index >= 15 is 0 Å². The number of allylic oxidation sites excluding steroid dienone is 24. The van der Waals surface area contributed by atoms with Crippen LogP contribution < -0.4 is 0 Å². The van der Waals surface area contributed by atoms with Crippen molar-refractivity contribution in [1.82, 2.24) is 0 Å². The minimum atomic E-state index is -0.799. The van der Waals surface area contributed by atoms with Gasteiger partial charge < -0.3 is 14.2 Å². The van der Waals surface area contributed by atoms with Crippen LogP contribution in [0.3, 0.4) is 0 Å². The first-order chi connectivity index (χ1) is 40.0. The first-order valence-electron chi connectivity index (χ1n) is 33.3. The van der Waals surface area contributed by atoms with Gasteiger partial charge in [0.25, 0.3) is 0 Å². The Morgan fingerprint density at radius 3 is 0.753 bits per heavy atom. The summed E-state index contributed by atoms with van der Waals surface area (Å²) >= 11 is 0. The molecule has 6 heteroatoms. The van der Waals surface area contributed by atoms with Crippen LogP contribution in [0.5, 0.6) is 0 Å². The van der Waals surface area contributed by atoms with Crippen molar-refractivity contribution in [3.8, 4) is 0 Å². The zero-order valence-corrected chi connectivity index (χ0v) is 52.5. The van der Waals surface area contributed by atoms with Crippen LogP contribution in [0.2, 0.25) is 0 Å². The van der Waals surface area contributed by atoms with E-state index in [1.54, 1.807) is 0 Å². The fourth-order valence-corrected chi connectivity index (χ4v) is 8.88. The highest BCUT2D eigenvalue weighted by Gasteiger charge is 2.19. The van der Waals surface area contributed by atoms with E-state index in [4.69, 9.17) is 14.2 Å². The predicted octanol–water partition coefficient (Wildman–Crippen LogP) is 23.1. The smallest absolute Gasteiger partial charge is 0.306 e. The van der Waals surface area contributed by atoms with Crippen molar-refractivity contribution in [3.63, 3.8) is 0 Å². The van der Waals surface area contributed by atoms with Crippen molar-refractivity contribution in [2.45, 2.75) is 297 Å². The van der Waals surface area contributed by atoms with Gasteiger partial charge in [0.15, 0.2) is 6.10 Å². The summed E-state index contributed by atoms with van der Waals surface area (Å²) in [5.41, 5.74) is 0. The normalized spacial score (nSPS) is 13.1. The zero-order chi connectivity index (χ0) is 58.5. The average molecular weight is 1120 g/mol. The second-order valence-electron chi connectivity index (χ2n) is 21.6. The standard InChI is InChI=1S/C75H122O6/c1-4-7-10-13-16-19-22-25-28-30-31-32-33-34-35-36-37-38-39-40-41-42-43-45-47-50-53-56-59-62-65-68-74(77)80-71-72(70-79-73(76)67-64-61-58-55-52-49-46-27-24-21-18-15-12-9-6-3)81-75(78)69-66-63-60-57-54-51-48-44-29-26-23-20-17-14-11-8-5-2/h7-8,10-11,16-21,25-29,31-32,34-35,37-38,40-41,46,72H,4-6,9,12-15,22-24,30,33,36,39,42-45,47-71H2,1-3H3/b10-7-,11-8-,19-16-,20-17-,21-18-,28-25-,29-26-,32-31-,35-34-,38-37-,41-40-,46-27-. The third kappa shape index (κ3) is 66.0. The van der Waals surface area contributed by atoms with Gasteiger partial charge in [-0.3, -0.25) is 14.4 Å². The molecule has 0 heterocycles. The van der Waals surface area contributed by atoms with Crippen LogP contribution in [0.15, 0.2) is 146 Å². The molecule has 458 valence electrons. The minimum absolute atomic E-state index is 0.0939. The summed E-state index contributed by atoms with van der Waals surface area (Å²) in [4.78, 5) is 38.4. The Hall–Kier alpha value is -4.71. The minimum Gasteiger partial charge on any atom is -0.462 e. The zero-order valence-electron chi connectivity index (χ0n) is 52.5. The van der Waals surface area contributed by atoms with E-state index < -0.39 is 6.10 Å². The molecule has 0 bridgehead atoms. The van der Waals surface area contributed by atoms with Gasteiger partial charge in [-0.2, -0.15) is 0 Å². The lowest BCUT2D eigenvalue weighted by atomic mass is 10.1. The van der Waals surface area contributed by atoms with E-state index in [1.807, 2.05) is 0 Å². The van der Waals surface area contributed by atoms with Gasteiger partial charge in [0.1, 0.15) is 13.2 Å². The van der Waals surface area contributed by atoms with Crippen molar-refractivity contribution >= 4 is 17.9 Å². The number of carbonyl (C=O) groups is 3. The lowest BCUT2D eigenvalue weighted by Gasteiger charge is -2.18. The van der Waals surface area contributed by atoms with Crippen LogP contribution in [-0.4, -0.2) is 37.2 Å². The Kier molecular flexibility index (Phi) is 63.9. The van der Waals surface area contributed by atoms with Crippen molar-refractivity contribution < 1.29 is 28.6 Å². The maximum absolute atomic E-state index is 12.9. The molecule has 0 saturated carbocycles. The number of carbonyl (C=O) groups excluding carboxylic acids is 3. The van der Waals surface area contributed by atoms with E-state index in [1.165, 1.54) is 89.9 Å². The monoisotopic (exact) mass is 1120 g/mol. The summed E-state index contributed by atoms with van der Waals surface area (Å²) in [5.74, 6) is -0.921. The largest absolute Gasteiger partial charge is 0.462 e. The SMILES string of the molecule is CC/C=C\C/C=C\C/C=C\C/C=C\C/C=C\C/C=C\C/C=C\CCCCCCCCCCCC(=O)OCC(COC(=O)CCCCCCC/C=C\C/C=C\CCCCC)OC(=O)CCCCCCCCC/C=C\C/C=C\C/C=C\CC. The van der Waals surface area contributed by atoms with Gasteiger partial charge in [-0.1, -0.05) is 276 Å². The van der Waals surface area contributed by atoms with Crippen molar-refractivity contribution in [3.05, 3.63) is 146 Å². The lowest BCUT2D eigenvalue weighted by Crippen LogP contribution is -2.30. The molecule has 0 aromatic heterocycles. The van der Waals surface area contributed by atoms with Crippen molar-refractivity contribution in [1.29, 1.82) is 0 Å². The van der Waals surface area contributed by atoms with Gasteiger partial charge in [-0.25, -0.2) is 0 Å². The van der Waals surface area contributed by atoms with E-state index in [2.05, 4.69) is 167 Å². The molecule has 81 heavy (non-hydrogen) atoms. The maximum Gasteiger partial charge on any atom is 0.306 e. The molecular formula is C75H122O6. The predicted molar refractivity (Wildman–Crippen MR) is 352 cm³/mol. The molecular weight excluding hydrogens is 997 g/mol. The Labute approximate surface area is 499 Å². The lowest BCUT2D eigenvalue weighted by molar-refractivity contribution is -0.167. The van der Waals surface area contributed by atoms with E-state index in [-0.39, 0.29) is 31.1 Å². The molecule has 0 aliphatic rings. The first-order valence-corrected chi connectivity index (χ1v) is 33.3. The average Bonchev–Trinajstić information content (AvgIpc) is 3.47. The number of ether oxygens (including phenoxy) is 3. The Balaban J connectivity index is 4.34. The highest BCUT2D eigenvalue weighted by Crippen LogP contribution is 2.15. The molecule has 1 atom stereocenters. The van der Waals surface area contributed by atoms with Crippen molar-refractivity contribution in [2.75, 3.05) is 13.2 Å². The molecule has 0 rings (SSSR count). The topological polar surface area (TPSA) is 78.9 Å². The van der Waals surface area contributed by atoms with Crippen LogP contribution in [0.25, 0.3) is 0 Å². The molecule has 0 aliphatic heterocycles. The van der Waals surface area contributed by atoms with Gasteiger partial charge in [0, 0.05) is 19.3 Å². The van der Waals surface area contributed by atoms with Gasteiger partial charge in [0.05, 0.1) is 0 Å². The van der Waals surface area contributed by atoms with Crippen LogP contribution >= 0.6 is 0 Å². The highest BCUT2D eigenvalue weighted by atomic mass is 16.6. The molecule has 0 radical (unpaired) electrons. The van der Waals surface area contributed by atoms with Gasteiger partial charge in [-0.15, -0.1) is 0 Å². The van der Waals surface area contributed by atoms with E-state index in [0.717, 1.165) is 161 Å². The number of esters is 3. The summed E-state index contributed by atoms with van der Waals surface area (Å²) in [7, 11) is 0. The third-order valence-electron chi connectivity index (χ3n) is 13.8. The Bertz CT molecular complexity index is 1760. The summed E-state index contributed by atoms with van der Waals surface area (Å²) in [6, 6.07) is 0. The van der Waals surface area contributed by atoms with Crippen LogP contribution in [-0.2, 0) is 28.6 Å². The number of hydrogen-bond donors (Lipinski definition) is 0. The van der Waals surface area contributed by atoms with Crippen LogP contribution in [0.4, 0.5) is 0 Å². The Morgan fingerprint density at radius 1 is 0.259 bits per heavy atom. The van der Waals surface area contributed by atoms with E-state index in [0.29, 0.717) is 19.3 Å². The molecule has 1 unspecified atom stereocenters. The summed E-state index contributed by atoms with van der Waals surface area (Å²) in [6.07, 6.45) is 97.1. The second-order valence-corrected chi connectivity index (χ2v) is 21.6. The third-order valence-corrected chi connectivity index (χ3v) is 13.8. The molecule has 0 aromatic rings. The molecule has 0 aliphatic carbocycles. The first kappa shape index (κ1) is 76.3. The number of unbranched alkanes of at least 4 members (excludes halogenated alkanes) is 24. The molecule has 0 N–H and O–H groups in total. The molecule has 0 amide bonds. The van der Waals surface area contributed by atoms with Crippen LogP contribution in [0, 0.1) is 0 Å². The highest BCUT2D eigenvalue weighted by molar-refractivity contribution is 5.71.